The fraction of sp³-hybridized carbons (Fsp3) is 0.867. The first-order chi connectivity index (χ1) is 6.97. The molecule has 0 fully saturated rings. The molecule has 0 bridgehead atoms. The normalized spacial score (nSPS) is 10.1. The molecule has 0 rings (SSSR count). The van der Waals surface area contributed by atoms with Crippen molar-refractivity contribution in [2.24, 2.45) is 5.41 Å². The van der Waals surface area contributed by atoms with Crippen molar-refractivity contribution >= 4 is 0 Å². The summed E-state index contributed by atoms with van der Waals surface area (Å²) in [5, 5.41) is 0. The van der Waals surface area contributed by atoms with E-state index in [0.29, 0.717) is 5.41 Å². The molecular formula is C15H34. The van der Waals surface area contributed by atoms with Crippen molar-refractivity contribution in [3.63, 3.8) is 0 Å². The van der Waals surface area contributed by atoms with Crippen LogP contribution in [0.5, 0.6) is 0 Å². The number of rotatable bonds is 3. The van der Waals surface area contributed by atoms with Gasteiger partial charge in [0.2, 0.25) is 0 Å². The molecule has 0 amide bonds. The molecule has 0 heterocycles. The lowest BCUT2D eigenvalue weighted by Crippen LogP contribution is -2.01. The Morgan fingerprint density at radius 2 is 1.27 bits per heavy atom. The molecule has 0 N–H and O–H groups in total. The Morgan fingerprint density at radius 3 is 1.53 bits per heavy atom. The van der Waals surface area contributed by atoms with E-state index in [1.54, 1.807) is 0 Å². The molecule has 0 aromatic carbocycles. The van der Waals surface area contributed by atoms with Crippen LogP contribution in [-0.2, 0) is 0 Å². The topological polar surface area (TPSA) is 0 Å². The molecule has 0 aliphatic rings. The van der Waals surface area contributed by atoms with Crippen LogP contribution in [0.3, 0.4) is 0 Å². The largest absolute Gasteiger partial charge is 0.0885 e. The SMILES string of the molecule is CC.CCC.CCC/C=C/CC(C)(C)C. The summed E-state index contributed by atoms with van der Waals surface area (Å²) in [6.45, 7) is 17.3. The van der Waals surface area contributed by atoms with Gasteiger partial charge in [0.25, 0.3) is 0 Å². The second-order valence-electron chi connectivity index (χ2n) is 4.73. The third-order valence-electron chi connectivity index (χ3n) is 1.35. The molecule has 0 radical (unpaired) electrons. The summed E-state index contributed by atoms with van der Waals surface area (Å²) >= 11 is 0. The van der Waals surface area contributed by atoms with Crippen LogP contribution in [0.1, 0.15) is 81.1 Å². The maximum Gasteiger partial charge on any atom is -0.0302 e. The second-order valence-corrected chi connectivity index (χ2v) is 4.73. The predicted octanol–water partition coefficient (Wildman–Crippen LogP) is 6.22. The third-order valence-corrected chi connectivity index (χ3v) is 1.35. The fourth-order valence-corrected chi connectivity index (χ4v) is 0.721. The summed E-state index contributed by atoms with van der Waals surface area (Å²) in [5.74, 6) is 0. The van der Waals surface area contributed by atoms with Crippen LogP contribution in [-0.4, -0.2) is 0 Å². The Hall–Kier alpha value is -0.260. The first-order valence-electron chi connectivity index (χ1n) is 6.62. The van der Waals surface area contributed by atoms with Gasteiger partial charge >= 0.3 is 0 Å². The van der Waals surface area contributed by atoms with E-state index < -0.39 is 0 Å². The zero-order chi connectivity index (χ0) is 12.7. The molecule has 0 aromatic rings. The smallest absolute Gasteiger partial charge is 0.0302 e. The number of hydrogen-bond donors (Lipinski definition) is 0. The number of allylic oxidation sites excluding steroid dienone is 2. The van der Waals surface area contributed by atoms with Gasteiger partial charge in [-0.2, -0.15) is 0 Å². The molecule has 0 unspecified atom stereocenters. The molecule has 94 valence electrons. The summed E-state index contributed by atoms with van der Waals surface area (Å²) in [5.41, 5.74) is 0.463. The van der Waals surface area contributed by atoms with Gasteiger partial charge < -0.3 is 0 Å². The highest BCUT2D eigenvalue weighted by molar-refractivity contribution is 4.85. The van der Waals surface area contributed by atoms with Crippen LogP contribution in [0.2, 0.25) is 0 Å². The van der Waals surface area contributed by atoms with Crippen LogP contribution in [0, 0.1) is 5.41 Å². The van der Waals surface area contributed by atoms with Crippen molar-refractivity contribution in [2.45, 2.75) is 81.1 Å². The lowest BCUT2D eigenvalue weighted by Gasteiger charge is -2.14. The average Bonchev–Trinajstić information content (AvgIpc) is 2.16. The Morgan fingerprint density at radius 1 is 0.867 bits per heavy atom. The summed E-state index contributed by atoms with van der Waals surface area (Å²) in [4.78, 5) is 0. The number of hydrogen-bond acceptors (Lipinski definition) is 0. The Kier molecular flexibility index (Phi) is 21.8. The summed E-state index contributed by atoms with van der Waals surface area (Å²) in [7, 11) is 0. The maximum absolute atomic E-state index is 2.30. The molecule has 0 atom stereocenters. The van der Waals surface area contributed by atoms with E-state index in [0.717, 1.165) is 0 Å². The summed E-state index contributed by atoms with van der Waals surface area (Å²) < 4.78 is 0. The average molecular weight is 214 g/mol. The second kappa shape index (κ2) is 16.2. The van der Waals surface area contributed by atoms with Crippen molar-refractivity contribution in [1.29, 1.82) is 0 Å². The molecule has 0 heteroatoms. The Balaban J connectivity index is -0.000000245. The monoisotopic (exact) mass is 214 g/mol. The molecule has 0 nitrogen and oxygen atoms in total. The third kappa shape index (κ3) is 41.7. The summed E-state index contributed by atoms with van der Waals surface area (Å²) in [6, 6.07) is 0. The first-order valence-corrected chi connectivity index (χ1v) is 6.62. The lowest BCUT2D eigenvalue weighted by atomic mass is 9.92. The minimum Gasteiger partial charge on any atom is -0.0885 e. The van der Waals surface area contributed by atoms with Crippen LogP contribution in [0.15, 0.2) is 12.2 Å². The highest BCUT2D eigenvalue weighted by Crippen LogP contribution is 2.18. The quantitative estimate of drug-likeness (QED) is 0.489. The zero-order valence-electron chi connectivity index (χ0n) is 12.5. The highest BCUT2D eigenvalue weighted by atomic mass is 14.1. The van der Waals surface area contributed by atoms with Gasteiger partial charge in [-0.15, -0.1) is 0 Å². The minimum absolute atomic E-state index is 0.463. The number of unbranched alkanes of at least 4 members (excludes halogenated alkanes) is 1. The van der Waals surface area contributed by atoms with E-state index in [4.69, 9.17) is 0 Å². The molecule has 0 aliphatic carbocycles. The fourth-order valence-electron chi connectivity index (χ4n) is 0.721. The van der Waals surface area contributed by atoms with E-state index in [2.05, 4.69) is 53.7 Å². The highest BCUT2D eigenvalue weighted by Gasteiger charge is 2.05. The molecule has 15 heavy (non-hydrogen) atoms. The zero-order valence-corrected chi connectivity index (χ0v) is 12.5. The van der Waals surface area contributed by atoms with Gasteiger partial charge in [-0.05, 0) is 18.3 Å². The van der Waals surface area contributed by atoms with Crippen molar-refractivity contribution in [2.75, 3.05) is 0 Å². The van der Waals surface area contributed by atoms with E-state index in [9.17, 15) is 0 Å². The Bertz CT molecular complexity index is 104. The predicted molar refractivity (Wildman–Crippen MR) is 75.4 cm³/mol. The van der Waals surface area contributed by atoms with Crippen molar-refractivity contribution in [3.05, 3.63) is 12.2 Å². The van der Waals surface area contributed by atoms with Crippen molar-refractivity contribution in [3.8, 4) is 0 Å². The van der Waals surface area contributed by atoms with Gasteiger partial charge in [0.15, 0.2) is 0 Å². The minimum atomic E-state index is 0.463. The van der Waals surface area contributed by atoms with Gasteiger partial charge in [0.1, 0.15) is 0 Å². The maximum atomic E-state index is 2.30. The molecule has 0 saturated carbocycles. The van der Waals surface area contributed by atoms with E-state index in [1.807, 2.05) is 13.8 Å². The van der Waals surface area contributed by atoms with Gasteiger partial charge in [0.05, 0.1) is 0 Å². The van der Waals surface area contributed by atoms with Crippen molar-refractivity contribution < 1.29 is 0 Å². The molecule has 0 spiro atoms. The standard InChI is InChI=1S/C10H20.C3H8.C2H6/c1-5-6-7-8-9-10(2,3)4;1-3-2;1-2/h7-8H,5-6,9H2,1-4H3;3H2,1-2H3;1-2H3/b8-7+;;. The van der Waals surface area contributed by atoms with E-state index >= 15 is 0 Å². The van der Waals surface area contributed by atoms with Gasteiger partial charge in [-0.1, -0.05) is 80.4 Å². The van der Waals surface area contributed by atoms with Crippen LogP contribution in [0.25, 0.3) is 0 Å². The lowest BCUT2D eigenvalue weighted by molar-refractivity contribution is 0.420. The van der Waals surface area contributed by atoms with Crippen LogP contribution in [0.4, 0.5) is 0 Å². The molecular weight excluding hydrogens is 180 g/mol. The van der Waals surface area contributed by atoms with Gasteiger partial charge in [0, 0.05) is 0 Å². The van der Waals surface area contributed by atoms with Crippen LogP contribution >= 0.6 is 0 Å². The van der Waals surface area contributed by atoms with Gasteiger partial charge in [-0.3, -0.25) is 0 Å². The van der Waals surface area contributed by atoms with E-state index in [-0.39, 0.29) is 0 Å². The first kappa shape index (κ1) is 20.2. The Labute approximate surface area is 99.2 Å². The molecule has 0 saturated heterocycles. The molecule has 0 aliphatic heterocycles. The molecule has 0 aromatic heterocycles. The van der Waals surface area contributed by atoms with Gasteiger partial charge in [-0.25, -0.2) is 0 Å². The summed E-state index contributed by atoms with van der Waals surface area (Å²) in [6.07, 6.45) is 9.53. The van der Waals surface area contributed by atoms with E-state index in [1.165, 1.54) is 25.7 Å². The van der Waals surface area contributed by atoms with Crippen LogP contribution < -0.4 is 0 Å². The van der Waals surface area contributed by atoms with Crippen molar-refractivity contribution in [1.82, 2.24) is 0 Å².